The van der Waals surface area contributed by atoms with Gasteiger partial charge in [-0.05, 0) is 44.2 Å². The lowest BCUT2D eigenvalue weighted by Gasteiger charge is -2.05. The molecular formula is C15H16ClNO3S. The summed E-state index contributed by atoms with van der Waals surface area (Å²) in [4.78, 5) is 12.4. The minimum Gasteiger partial charge on any atom is -0.351 e. The van der Waals surface area contributed by atoms with Gasteiger partial charge in [-0.2, -0.15) is 0 Å². The van der Waals surface area contributed by atoms with Crippen LogP contribution >= 0.6 is 11.6 Å². The van der Waals surface area contributed by atoms with E-state index in [-0.39, 0.29) is 4.90 Å². The Morgan fingerprint density at radius 3 is 2.24 bits per heavy atom. The van der Waals surface area contributed by atoms with Gasteiger partial charge in [-0.25, -0.2) is 8.42 Å². The Labute approximate surface area is 129 Å². The van der Waals surface area contributed by atoms with Crippen LogP contribution in [0.25, 0.3) is 0 Å². The van der Waals surface area contributed by atoms with Crippen molar-refractivity contribution in [3.8, 4) is 0 Å². The number of hydrogen-bond donors (Lipinski definition) is 0. The number of nitrogens with zero attached hydrogens (tertiary/aromatic N) is 1. The van der Waals surface area contributed by atoms with Crippen LogP contribution in [-0.4, -0.2) is 24.5 Å². The van der Waals surface area contributed by atoms with Gasteiger partial charge in [0.1, 0.15) is 5.75 Å². The van der Waals surface area contributed by atoms with E-state index in [2.05, 4.69) is 0 Å². The normalized spacial score (nSPS) is 11.6. The van der Waals surface area contributed by atoms with E-state index in [0.717, 1.165) is 11.4 Å². The van der Waals surface area contributed by atoms with E-state index in [4.69, 9.17) is 11.6 Å². The van der Waals surface area contributed by atoms with Crippen molar-refractivity contribution < 1.29 is 13.2 Å². The van der Waals surface area contributed by atoms with Crippen LogP contribution in [0.4, 0.5) is 0 Å². The maximum Gasteiger partial charge on any atom is 0.185 e. The van der Waals surface area contributed by atoms with Gasteiger partial charge in [0.2, 0.25) is 0 Å². The molecule has 2 aromatic rings. The molecule has 0 bridgehead atoms. The zero-order valence-electron chi connectivity index (χ0n) is 12.1. The number of aryl methyl sites for hydroxylation is 1. The molecule has 0 unspecified atom stereocenters. The predicted octanol–water partition coefficient (Wildman–Crippen LogP) is 2.95. The summed E-state index contributed by atoms with van der Waals surface area (Å²) in [7, 11) is -1.82. The highest BCUT2D eigenvalue weighted by Gasteiger charge is 2.23. The molecule has 0 aliphatic heterocycles. The monoisotopic (exact) mass is 325 g/mol. The van der Waals surface area contributed by atoms with E-state index in [1.807, 2.05) is 18.5 Å². The van der Waals surface area contributed by atoms with Gasteiger partial charge >= 0.3 is 0 Å². The third-order valence-corrected chi connectivity index (χ3v) is 5.45. The Morgan fingerprint density at radius 2 is 1.76 bits per heavy atom. The maximum atomic E-state index is 12.3. The van der Waals surface area contributed by atoms with Gasteiger partial charge < -0.3 is 4.57 Å². The van der Waals surface area contributed by atoms with Crippen molar-refractivity contribution in [2.24, 2.45) is 7.05 Å². The zero-order valence-corrected chi connectivity index (χ0v) is 13.6. The van der Waals surface area contributed by atoms with Crippen LogP contribution in [0.3, 0.4) is 0 Å². The minimum absolute atomic E-state index is 0.102. The van der Waals surface area contributed by atoms with Crippen molar-refractivity contribution in [2.45, 2.75) is 18.7 Å². The highest BCUT2D eigenvalue weighted by molar-refractivity contribution is 7.92. The van der Waals surface area contributed by atoms with Crippen LogP contribution in [0.1, 0.15) is 21.7 Å². The van der Waals surface area contributed by atoms with Crippen LogP contribution in [0, 0.1) is 13.8 Å². The molecule has 1 aromatic heterocycles. The van der Waals surface area contributed by atoms with E-state index in [1.54, 1.807) is 13.0 Å². The molecule has 1 aromatic carbocycles. The second-order valence-electron chi connectivity index (χ2n) is 4.98. The molecule has 4 nitrogen and oxygen atoms in total. The molecule has 0 aliphatic carbocycles. The number of carbonyl (C=O) groups excluding carboxylic acids is 1. The lowest BCUT2D eigenvalue weighted by molar-refractivity contribution is 0.102. The molecular weight excluding hydrogens is 310 g/mol. The van der Waals surface area contributed by atoms with Gasteiger partial charge in [-0.1, -0.05) is 11.6 Å². The molecule has 112 valence electrons. The predicted molar refractivity (Wildman–Crippen MR) is 82.7 cm³/mol. The summed E-state index contributed by atoms with van der Waals surface area (Å²) in [5.74, 6) is -0.940. The van der Waals surface area contributed by atoms with Gasteiger partial charge in [0, 0.05) is 29.0 Å². The molecule has 0 spiro atoms. The molecule has 0 radical (unpaired) electrons. The number of aromatic nitrogens is 1. The topological polar surface area (TPSA) is 56.1 Å². The molecule has 0 saturated heterocycles. The van der Waals surface area contributed by atoms with Crippen molar-refractivity contribution in [3.63, 3.8) is 0 Å². The summed E-state index contributed by atoms with van der Waals surface area (Å²) in [5, 5.41) is 0.454. The van der Waals surface area contributed by atoms with Gasteiger partial charge in [0.25, 0.3) is 0 Å². The van der Waals surface area contributed by atoms with Crippen LogP contribution < -0.4 is 0 Å². The van der Waals surface area contributed by atoms with E-state index < -0.39 is 21.4 Å². The summed E-state index contributed by atoms with van der Waals surface area (Å²) in [6.45, 7) is 3.67. The summed E-state index contributed by atoms with van der Waals surface area (Å²) in [6, 6.07) is 7.53. The molecule has 21 heavy (non-hydrogen) atoms. The quantitative estimate of drug-likeness (QED) is 0.812. The van der Waals surface area contributed by atoms with Gasteiger partial charge in [0.15, 0.2) is 15.6 Å². The number of benzene rings is 1. The Bertz CT molecular complexity index is 789. The Balaban J connectivity index is 2.30. The van der Waals surface area contributed by atoms with Crippen LogP contribution in [-0.2, 0) is 16.9 Å². The molecule has 0 saturated carbocycles. The number of halogens is 1. The summed E-state index contributed by atoms with van der Waals surface area (Å²) in [5.41, 5.74) is 2.14. The molecule has 2 rings (SSSR count). The van der Waals surface area contributed by atoms with Gasteiger partial charge in [-0.3, -0.25) is 4.79 Å². The second kappa shape index (κ2) is 5.66. The molecule has 0 aliphatic rings. The van der Waals surface area contributed by atoms with E-state index in [9.17, 15) is 13.2 Å². The minimum atomic E-state index is -3.66. The number of ketones is 1. The average molecular weight is 326 g/mol. The first-order valence-corrected chi connectivity index (χ1v) is 8.40. The number of carbonyl (C=O) groups is 1. The van der Waals surface area contributed by atoms with Crippen molar-refractivity contribution >= 4 is 27.2 Å². The van der Waals surface area contributed by atoms with Crippen LogP contribution in [0.2, 0.25) is 5.02 Å². The highest BCUT2D eigenvalue weighted by Crippen LogP contribution is 2.19. The fourth-order valence-electron chi connectivity index (χ4n) is 2.11. The van der Waals surface area contributed by atoms with Crippen molar-refractivity contribution in [1.82, 2.24) is 4.57 Å². The van der Waals surface area contributed by atoms with E-state index >= 15 is 0 Å². The number of hydrogen-bond acceptors (Lipinski definition) is 3. The zero-order chi connectivity index (χ0) is 15.8. The smallest absolute Gasteiger partial charge is 0.185 e. The first-order chi connectivity index (χ1) is 9.72. The fraction of sp³-hybridized carbons (Fsp3) is 0.267. The third-order valence-electron chi connectivity index (χ3n) is 3.57. The van der Waals surface area contributed by atoms with Crippen molar-refractivity contribution in [2.75, 3.05) is 5.75 Å². The van der Waals surface area contributed by atoms with Crippen molar-refractivity contribution in [1.29, 1.82) is 0 Å². The van der Waals surface area contributed by atoms with E-state index in [0.29, 0.717) is 10.6 Å². The lowest BCUT2D eigenvalue weighted by atomic mass is 10.2. The second-order valence-corrected chi connectivity index (χ2v) is 7.41. The standard InChI is InChI=1S/C15H16ClNO3S/c1-10-8-14(11(2)17(10)3)15(18)9-21(19,20)13-6-4-12(16)5-7-13/h4-8H,9H2,1-3H3. The molecule has 0 N–H and O–H groups in total. The summed E-state index contributed by atoms with van der Waals surface area (Å²) < 4.78 is 26.4. The average Bonchev–Trinajstić information content (AvgIpc) is 2.66. The molecule has 0 amide bonds. The highest BCUT2D eigenvalue weighted by atomic mass is 35.5. The summed E-state index contributed by atoms with van der Waals surface area (Å²) in [6.07, 6.45) is 0. The lowest BCUT2D eigenvalue weighted by Crippen LogP contribution is -2.17. The third kappa shape index (κ3) is 3.19. The van der Waals surface area contributed by atoms with Gasteiger partial charge in [0.05, 0.1) is 4.90 Å². The maximum absolute atomic E-state index is 12.3. The molecule has 1 heterocycles. The number of Topliss-reactive ketones (excluding diaryl/α,β-unsaturated/α-hetero) is 1. The number of rotatable bonds is 4. The Morgan fingerprint density at radius 1 is 1.19 bits per heavy atom. The fourth-order valence-corrected chi connectivity index (χ4v) is 3.46. The largest absolute Gasteiger partial charge is 0.351 e. The first-order valence-electron chi connectivity index (χ1n) is 6.37. The first kappa shape index (κ1) is 15.8. The van der Waals surface area contributed by atoms with Gasteiger partial charge in [-0.15, -0.1) is 0 Å². The SMILES string of the molecule is Cc1cc(C(=O)CS(=O)(=O)c2ccc(Cl)cc2)c(C)n1C. The van der Waals surface area contributed by atoms with Crippen LogP contribution in [0.15, 0.2) is 35.2 Å². The molecule has 0 atom stereocenters. The molecule has 6 heteroatoms. The van der Waals surface area contributed by atoms with Crippen LogP contribution in [0.5, 0.6) is 0 Å². The Kier molecular flexibility index (Phi) is 4.25. The van der Waals surface area contributed by atoms with Crippen molar-refractivity contribution in [3.05, 3.63) is 52.3 Å². The Hall–Kier alpha value is -1.59. The van der Waals surface area contributed by atoms with E-state index in [1.165, 1.54) is 24.3 Å². The number of sulfone groups is 1. The summed E-state index contributed by atoms with van der Waals surface area (Å²) >= 11 is 5.74. The molecule has 0 fully saturated rings.